The first-order chi connectivity index (χ1) is 7.58. The third kappa shape index (κ3) is 2.23. The van der Waals surface area contributed by atoms with Crippen molar-refractivity contribution in [1.82, 2.24) is 0 Å². The molecule has 0 fully saturated rings. The van der Waals surface area contributed by atoms with Gasteiger partial charge in [0.15, 0.2) is 0 Å². The summed E-state index contributed by atoms with van der Waals surface area (Å²) in [7, 11) is 0. The second kappa shape index (κ2) is 4.47. The van der Waals surface area contributed by atoms with E-state index in [1.807, 2.05) is 5.38 Å². The highest BCUT2D eigenvalue weighted by atomic mass is 79.9. The second-order valence-electron chi connectivity index (χ2n) is 3.42. The Bertz CT molecular complexity index is 548. The molecule has 0 saturated carbocycles. The van der Waals surface area contributed by atoms with E-state index in [-0.39, 0.29) is 11.6 Å². The van der Waals surface area contributed by atoms with Crippen molar-refractivity contribution < 1.29 is 9.18 Å². The minimum absolute atomic E-state index is 0.144. The molecule has 82 valence electrons. The minimum Gasteiger partial charge on any atom is -0.288 e. The molecule has 16 heavy (non-hydrogen) atoms. The van der Waals surface area contributed by atoms with Gasteiger partial charge in [0, 0.05) is 15.4 Å². The van der Waals surface area contributed by atoms with Crippen LogP contribution in [-0.4, -0.2) is 5.78 Å². The number of carbonyl (C=O) groups is 1. The monoisotopic (exact) mass is 298 g/mol. The molecule has 0 N–H and O–H groups in total. The molecule has 0 aliphatic carbocycles. The smallest absolute Gasteiger partial charge is 0.203 e. The standard InChI is InChI=1S/C12H8BrFOS/c1-7-2-3-8(4-10(7)14)12(15)11-5-9(13)6-16-11/h2-6H,1H3. The molecular formula is C12H8BrFOS. The summed E-state index contributed by atoms with van der Waals surface area (Å²) in [5.41, 5.74) is 0.932. The molecule has 0 unspecified atom stereocenters. The molecule has 0 aliphatic heterocycles. The van der Waals surface area contributed by atoms with Gasteiger partial charge in [-0.15, -0.1) is 11.3 Å². The van der Waals surface area contributed by atoms with E-state index in [9.17, 15) is 9.18 Å². The Morgan fingerprint density at radius 1 is 1.38 bits per heavy atom. The van der Waals surface area contributed by atoms with Crippen LogP contribution >= 0.6 is 27.3 Å². The summed E-state index contributed by atoms with van der Waals surface area (Å²) in [6.07, 6.45) is 0. The molecule has 0 saturated heterocycles. The molecule has 2 rings (SSSR count). The highest BCUT2D eigenvalue weighted by molar-refractivity contribution is 9.10. The predicted octanol–water partition coefficient (Wildman–Crippen LogP) is 4.19. The van der Waals surface area contributed by atoms with Crippen molar-refractivity contribution in [3.05, 3.63) is 55.9 Å². The fourth-order valence-electron chi connectivity index (χ4n) is 1.31. The summed E-state index contributed by atoms with van der Waals surface area (Å²) in [4.78, 5) is 12.6. The lowest BCUT2D eigenvalue weighted by atomic mass is 10.1. The molecule has 1 aromatic carbocycles. The van der Waals surface area contributed by atoms with Crippen molar-refractivity contribution in [1.29, 1.82) is 0 Å². The molecule has 4 heteroatoms. The Labute approximate surface area is 105 Å². The molecule has 0 spiro atoms. The molecule has 2 aromatic rings. The molecule has 0 aliphatic rings. The number of rotatable bonds is 2. The summed E-state index contributed by atoms with van der Waals surface area (Å²) in [6.45, 7) is 1.67. The van der Waals surface area contributed by atoms with Gasteiger partial charge in [-0.05, 0) is 40.5 Å². The van der Waals surface area contributed by atoms with Crippen LogP contribution in [0.4, 0.5) is 4.39 Å². The van der Waals surface area contributed by atoms with Crippen molar-refractivity contribution in [3.8, 4) is 0 Å². The maximum Gasteiger partial charge on any atom is 0.203 e. The van der Waals surface area contributed by atoms with Crippen LogP contribution in [0.1, 0.15) is 20.8 Å². The van der Waals surface area contributed by atoms with Crippen LogP contribution in [0.15, 0.2) is 34.1 Å². The SMILES string of the molecule is Cc1ccc(C(=O)c2cc(Br)cs2)cc1F. The van der Waals surface area contributed by atoms with E-state index in [2.05, 4.69) is 15.9 Å². The first-order valence-electron chi connectivity index (χ1n) is 4.63. The van der Waals surface area contributed by atoms with E-state index in [1.165, 1.54) is 17.4 Å². The zero-order chi connectivity index (χ0) is 11.7. The Morgan fingerprint density at radius 2 is 2.12 bits per heavy atom. The fourth-order valence-corrected chi connectivity index (χ4v) is 2.70. The number of carbonyl (C=O) groups excluding carboxylic acids is 1. The lowest BCUT2D eigenvalue weighted by molar-refractivity contribution is 0.104. The molecule has 1 nitrogen and oxygen atoms in total. The topological polar surface area (TPSA) is 17.1 Å². The molecule has 1 aromatic heterocycles. The van der Waals surface area contributed by atoms with E-state index in [4.69, 9.17) is 0 Å². The average molecular weight is 299 g/mol. The maximum absolute atomic E-state index is 13.3. The Kier molecular flexibility index (Phi) is 3.21. The van der Waals surface area contributed by atoms with Gasteiger partial charge in [-0.2, -0.15) is 0 Å². The van der Waals surface area contributed by atoms with Gasteiger partial charge < -0.3 is 0 Å². The number of hydrogen-bond donors (Lipinski definition) is 0. The van der Waals surface area contributed by atoms with E-state index in [0.717, 1.165) is 4.47 Å². The van der Waals surface area contributed by atoms with E-state index in [0.29, 0.717) is 16.0 Å². The normalized spacial score (nSPS) is 10.4. The van der Waals surface area contributed by atoms with Crippen LogP contribution in [0, 0.1) is 12.7 Å². The molecular weight excluding hydrogens is 291 g/mol. The lowest BCUT2D eigenvalue weighted by Crippen LogP contribution is -1.99. The molecule has 0 radical (unpaired) electrons. The van der Waals surface area contributed by atoms with Crippen molar-refractivity contribution in [2.24, 2.45) is 0 Å². The summed E-state index contributed by atoms with van der Waals surface area (Å²) < 4.78 is 14.2. The molecule has 0 bridgehead atoms. The average Bonchev–Trinajstić information content (AvgIpc) is 2.68. The zero-order valence-electron chi connectivity index (χ0n) is 8.46. The summed E-state index contributed by atoms with van der Waals surface area (Å²) in [5, 5.41) is 1.83. The Morgan fingerprint density at radius 3 is 2.69 bits per heavy atom. The highest BCUT2D eigenvalue weighted by Gasteiger charge is 2.12. The van der Waals surface area contributed by atoms with Gasteiger partial charge in [0.2, 0.25) is 5.78 Å². The van der Waals surface area contributed by atoms with Crippen LogP contribution in [0.5, 0.6) is 0 Å². The predicted molar refractivity (Wildman–Crippen MR) is 66.6 cm³/mol. The number of aryl methyl sites for hydroxylation is 1. The summed E-state index contributed by atoms with van der Waals surface area (Å²) in [6, 6.07) is 6.29. The third-order valence-corrected chi connectivity index (χ3v) is 3.92. The zero-order valence-corrected chi connectivity index (χ0v) is 10.9. The summed E-state index contributed by atoms with van der Waals surface area (Å²) >= 11 is 4.63. The third-order valence-electron chi connectivity index (χ3n) is 2.23. The van der Waals surface area contributed by atoms with Crippen LogP contribution < -0.4 is 0 Å². The van der Waals surface area contributed by atoms with Crippen molar-refractivity contribution in [2.45, 2.75) is 6.92 Å². The first kappa shape index (κ1) is 11.5. The minimum atomic E-state index is -0.346. The number of halogens is 2. The van der Waals surface area contributed by atoms with Crippen LogP contribution in [0.25, 0.3) is 0 Å². The van der Waals surface area contributed by atoms with Crippen molar-refractivity contribution in [3.63, 3.8) is 0 Å². The van der Waals surface area contributed by atoms with Gasteiger partial charge in [0.25, 0.3) is 0 Å². The van der Waals surface area contributed by atoms with E-state index < -0.39 is 0 Å². The van der Waals surface area contributed by atoms with Crippen LogP contribution in [0.3, 0.4) is 0 Å². The fraction of sp³-hybridized carbons (Fsp3) is 0.0833. The molecule has 0 amide bonds. The number of hydrogen-bond acceptors (Lipinski definition) is 2. The second-order valence-corrected chi connectivity index (χ2v) is 5.25. The first-order valence-corrected chi connectivity index (χ1v) is 6.30. The van der Waals surface area contributed by atoms with Crippen LogP contribution in [-0.2, 0) is 0 Å². The maximum atomic E-state index is 13.3. The van der Waals surface area contributed by atoms with Gasteiger partial charge in [-0.3, -0.25) is 4.79 Å². The molecule has 1 heterocycles. The summed E-state index contributed by atoms with van der Waals surface area (Å²) in [5.74, 6) is -0.490. The largest absolute Gasteiger partial charge is 0.288 e. The van der Waals surface area contributed by atoms with Crippen molar-refractivity contribution >= 4 is 33.0 Å². The lowest BCUT2D eigenvalue weighted by Gasteiger charge is -2.00. The van der Waals surface area contributed by atoms with Gasteiger partial charge in [0.1, 0.15) is 5.82 Å². The van der Waals surface area contributed by atoms with Crippen LogP contribution in [0.2, 0.25) is 0 Å². The Balaban J connectivity index is 2.38. The van der Waals surface area contributed by atoms with Gasteiger partial charge in [-0.1, -0.05) is 12.1 Å². The van der Waals surface area contributed by atoms with Gasteiger partial charge in [0.05, 0.1) is 4.88 Å². The van der Waals surface area contributed by atoms with E-state index in [1.54, 1.807) is 25.1 Å². The number of ketones is 1. The highest BCUT2D eigenvalue weighted by Crippen LogP contribution is 2.23. The van der Waals surface area contributed by atoms with Gasteiger partial charge >= 0.3 is 0 Å². The number of thiophene rings is 1. The van der Waals surface area contributed by atoms with E-state index >= 15 is 0 Å². The quantitative estimate of drug-likeness (QED) is 0.760. The number of benzene rings is 1. The molecule has 0 atom stereocenters. The van der Waals surface area contributed by atoms with Gasteiger partial charge in [-0.25, -0.2) is 4.39 Å². The van der Waals surface area contributed by atoms with Crippen molar-refractivity contribution in [2.75, 3.05) is 0 Å². The Hall–Kier alpha value is -1.00.